The zero-order chi connectivity index (χ0) is 21.7. The smallest absolute Gasteiger partial charge is 0.291 e. The first-order valence-corrected chi connectivity index (χ1v) is 9.14. The molecule has 3 aromatic rings. The Labute approximate surface area is 180 Å². The highest BCUT2D eigenvalue weighted by atomic mass is 35.5. The zero-order valence-electron chi connectivity index (χ0n) is 15.0. The molecule has 1 heterocycles. The van der Waals surface area contributed by atoms with Gasteiger partial charge in [-0.3, -0.25) is 25.0 Å². The molecule has 3 rings (SSSR count). The Balaban J connectivity index is 1.64. The summed E-state index contributed by atoms with van der Waals surface area (Å²) in [7, 11) is 0. The number of carbonyl (C=O) groups is 2. The molecule has 0 bridgehead atoms. The third-order valence-electron chi connectivity index (χ3n) is 3.79. The summed E-state index contributed by atoms with van der Waals surface area (Å²) in [5.41, 5.74) is 0.320. The second-order valence-corrected chi connectivity index (χ2v) is 6.62. The molecule has 0 saturated heterocycles. The maximum atomic E-state index is 12.3. The minimum absolute atomic E-state index is 0.0819. The number of benzene rings is 2. The Morgan fingerprint density at radius 1 is 1.03 bits per heavy atom. The average Bonchev–Trinajstić information content (AvgIpc) is 3.25. The molecule has 2 amide bonds. The zero-order valence-corrected chi connectivity index (χ0v) is 16.6. The van der Waals surface area contributed by atoms with E-state index in [-0.39, 0.29) is 27.1 Å². The monoisotopic (exact) mass is 444 g/mol. The number of nitro benzene ring substituents is 1. The van der Waals surface area contributed by atoms with Crippen molar-refractivity contribution in [1.29, 1.82) is 0 Å². The van der Waals surface area contributed by atoms with Crippen molar-refractivity contribution < 1.29 is 18.9 Å². The third-order valence-corrected chi connectivity index (χ3v) is 4.31. The summed E-state index contributed by atoms with van der Waals surface area (Å²) in [4.78, 5) is 34.7. The van der Waals surface area contributed by atoms with Gasteiger partial charge in [-0.1, -0.05) is 23.7 Å². The van der Waals surface area contributed by atoms with Crippen LogP contribution in [0.2, 0.25) is 5.02 Å². The van der Waals surface area contributed by atoms with Crippen molar-refractivity contribution >= 4 is 57.8 Å². The molecule has 11 heteroatoms. The molecule has 1 aromatic heterocycles. The van der Waals surface area contributed by atoms with E-state index in [0.717, 1.165) is 0 Å². The summed E-state index contributed by atoms with van der Waals surface area (Å²) in [5, 5.41) is 18.9. The standard InChI is InChI=1S/C19H13ClN4O5S/c20-13-10-11(7-8-14(13)22-18(26)16-6-3-9-29-16)21-19(30)23-17(25)12-4-1-2-5-15(12)24(27)28/h1-10H,(H,22,26)(H2,21,23,25,30). The Hall–Kier alpha value is -3.76. The van der Waals surface area contributed by atoms with Crippen molar-refractivity contribution in [1.82, 2.24) is 5.32 Å². The van der Waals surface area contributed by atoms with Crippen molar-refractivity contribution in [3.8, 4) is 0 Å². The van der Waals surface area contributed by atoms with Gasteiger partial charge in [0.1, 0.15) is 5.56 Å². The molecule has 0 aliphatic heterocycles. The molecule has 0 fully saturated rings. The van der Waals surface area contributed by atoms with Gasteiger partial charge in [0.2, 0.25) is 0 Å². The Bertz CT molecular complexity index is 1130. The van der Waals surface area contributed by atoms with E-state index in [1.54, 1.807) is 12.1 Å². The minimum Gasteiger partial charge on any atom is -0.459 e. The van der Waals surface area contributed by atoms with Gasteiger partial charge in [0.15, 0.2) is 10.9 Å². The summed E-state index contributed by atoms with van der Waals surface area (Å²) >= 11 is 11.3. The molecule has 0 aliphatic rings. The van der Waals surface area contributed by atoms with E-state index < -0.39 is 16.7 Å². The molecule has 152 valence electrons. The number of halogens is 1. The van der Waals surface area contributed by atoms with Gasteiger partial charge in [0, 0.05) is 11.8 Å². The van der Waals surface area contributed by atoms with Crippen LogP contribution in [0.15, 0.2) is 65.3 Å². The van der Waals surface area contributed by atoms with Crippen LogP contribution in [0.5, 0.6) is 0 Å². The highest BCUT2D eigenvalue weighted by Gasteiger charge is 2.20. The highest BCUT2D eigenvalue weighted by molar-refractivity contribution is 7.80. The predicted molar refractivity (Wildman–Crippen MR) is 115 cm³/mol. The van der Waals surface area contributed by atoms with Crippen LogP contribution < -0.4 is 16.0 Å². The number of thiocarbonyl (C=S) groups is 1. The number of hydrogen-bond donors (Lipinski definition) is 3. The second-order valence-electron chi connectivity index (χ2n) is 5.81. The van der Waals surface area contributed by atoms with Gasteiger partial charge in [0.05, 0.1) is 21.9 Å². The van der Waals surface area contributed by atoms with Gasteiger partial charge in [-0.2, -0.15) is 0 Å². The normalized spacial score (nSPS) is 10.2. The number of furan rings is 1. The van der Waals surface area contributed by atoms with Crippen molar-refractivity contribution in [2.45, 2.75) is 0 Å². The van der Waals surface area contributed by atoms with E-state index in [0.29, 0.717) is 11.4 Å². The highest BCUT2D eigenvalue weighted by Crippen LogP contribution is 2.26. The summed E-state index contributed by atoms with van der Waals surface area (Å²) in [5.74, 6) is -1.06. The molecule has 30 heavy (non-hydrogen) atoms. The molecule has 0 atom stereocenters. The summed E-state index contributed by atoms with van der Waals surface area (Å²) < 4.78 is 5.01. The summed E-state index contributed by atoms with van der Waals surface area (Å²) in [6.07, 6.45) is 1.38. The van der Waals surface area contributed by atoms with Gasteiger partial charge in [0.25, 0.3) is 17.5 Å². The quantitative estimate of drug-likeness (QED) is 0.305. The van der Waals surface area contributed by atoms with Gasteiger partial charge in [-0.15, -0.1) is 0 Å². The van der Waals surface area contributed by atoms with Crippen molar-refractivity contribution in [2.75, 3.05) is 10.6 Å². The van der Waals surface area contributed by atoms with E-state index in [4.69, 9.17) is 28.2 Å². The van der Waals surface area contributed by atoms with Crippen LogP contribution in [0, 0.1) is 10.1 Å². The van der Waals surface area contributed by atoms with Crippen molar-refractivity contribution in [3.63, 3.8) is 0 Å². The predicted octanol–water partition coefficient (Wildman–Crippen LogP) is 4.22. The van der Waals surface area contributed by atoms with Crippen LogP contribution >= 0.6 is 23.8 Å². The van der Waals surface area contributed by atoms with Crippen molar-refractivity contribution in [2.24, 2.45) is 0 Å². The largest absolute Gasteiger partial charge is 0.459 e. The first kappa shape index (κ1) is 21.0. The second kappa shape index (κ2) is 9.16. The average molecular weight is 445 g/mol. The lowest BCUT2D eigenvalue weighted by Gasteiger charge is -2.12. The minimum atomic E-state index is -0.728. The lowest BCUT2D eigenvalue weighted by Crippen LogP contribution is -2.34. The summed E-state index contributed by atoms with van der Waals surface area (Å²) in [6, 6.07) is 13.2. The number of rotatable bonds is 5. The van der Waals surface area contributed by atoms with Crippen LogP contribution in [0.1, 0.15) is 20.9 Å². The number of carbonyl (C=O) groups excluding carboxylic acids is 2. The first-order valence-electron chi connectivity index (χ1n) is 8.35. The van der Waals surface area contributed by atoms with E-state index in [9.17, 15) is 19.7 Å². The molecule has 0 saturated carbocycles. The lowest BCUT2D eigenvalue weighted by molar-refractivity contribution is -0.385. The van der Waals surface area contributed by atoms with Crippen LogP contribution in [0.4, 0.5) is 17.1 Å². The molecule has 0 unspecified atom stereocenters. The fourth-order valence-corrected chi connectivity index (χ4v) is 2.88. The Kier molecular flexibility index (Phi) is 6.40. The van der Waals surface area contributed by atoms with E-state index >= 15 is 0 Å². The van der Waals surface area contributed by atoms with Crippen LogP contribution in [-0.4, -0.2) is 21.9 Å². The number of para-hydroxylation sites is 1. The number of nitrogens with one attached hydrogen (secondary N) is 3. The maximum Gasteiger partial charge on any atom is 0.291 e. The van der Waals surface area contributed by atoms with E-state index in [1.807, 2.05) is 0 Å². The topological polar surface area (TPSA) is 127 Å². The fraction of sp³-hybridized carbons (Fsp3) is 0. The number of anilines is 2. The van der Waals surface area contributed by atoms with Crippen LogP contribution in [0.3, 0.4) is 0 Å². The molecular weight excluding hydrogens is 432 g/mol. The van der Waals surface area contributed by atoms with Crippen molar-refractivity contribution in [3.05, 3.63) is 87.3 Å². The Morgan fingerprint density at radius 2 is 1.80 bits per heavy atom. The van der Waals surface area contributed by atoms with Gasteiger partial charge in [-0.25, -0.2) is 0 Å². The molecule has 0 spiro atoms. The molecule has 9 nitrogen and oxygen atoms in total. The number of nitro groups is 1. The Morgan fingerprint density at radius 3 is 2.47 bits per heavy atom. The molecule has 3 N–H and O–H groups in total. The lowest BCUT2D eigenvalue weighted by atomic mass is 10.1. The third kappa shape index (κ3) is 4.99. The van der Waals surface area contributed by atoms with Crippen LogP contribution in [0.25, 0.3) is 0 Å². The van der Waals surface area contributed by atoms with E-state index in [2.05, 4.69) is 16.0 Å². The number of nitrogens with zero attached hydrogens (tertiary/aromatic N) is 1. The van der Waals surface area contributed by atoms with Gasteiger partial charge >= 0.3 is 0 Å². The van der Waals surface area contributed by atoms with Gasteiger partial charge in [-0.05, 0) is 48.6 Å². The number of amides is 2. The molecule has 0 radical (unpaired) electrons. The SMILES string of the molecule is O=C(Nc1ccc(NC(=S)NC(=O)c2ccccc2[N+](=O)[O-])cc1Cl)c1ccco1. The van der Waals surface area contributed by atoms with Crippen LogP contribution in [-0.2, 0) is 0 Å². The van der Waals surface area contributed by atoms with Gasteiger partial charge < -0.3 is 15.1 Å². The fourth-order valence-electron chi connectivity index (χ4n) is 2.44. The number of hydrogen-bond acceptors (Lipinski definition) is 6. The molecular formula is C19H13ClN4O5S. The summed E-state index contributed by atoms with van der Waals surface area (Å²) in [6.45, 7) is 0. The molecule has 0 aliphatic carbocycles. The molecule has 2 aromatic carbocycles. The van der Waals surface area contributed by atoms with E-state index in [1.165, 1.54) is 48.7 Å². The first-order chi connectivity index (χ1) is 14.3. The maximum absolute atomic E-state index is 12.3.